The minimum atomic E-state index is -0.134. The molecule has 0 atom stereocenters. The Labute approximate surface area is 161 Å². The highest BCUT2D eigenvalue weighted by molar-refractivity contribution is 6.07. The van der Waals surface area contributed by atoms with Crippen LogP contribution in [0.25, 0.3) is 6.08 Å². The van der Waals surface area contributed by atoms with Gasteiger partial charge in [-0.1, -0.05) is 63.2 Å². The van der Waals surface area contributed by atoms with Gasteiger partial charge in [0.25, 0.3) is 5.91 Å². The molecule has 0 spiro atoms. The summed E-state index contributed by atoms with van der Waals surface area (Å²) in [5.41, 5.74) is 2.85. The van der Waals surface area contributed by atoms with Crippen molar-refractivity contribution in [3.8, 4) is 5.75 Å². The van der Waals surface area contributed by atoms with Crippen molar-refractivity contribution in [2.75, 3.05) is 20.7 Å². The van der Waals surface area contributed by atoms with E-state index in [1.165, 1.54) is 10.5 Å². The maximum Gasteiger partial charge on any atom is 0.259 e. The van der Waals surface area contributed by atoms with Gasteiger partial charge in [-0.15, -0.1) is 0 Å². The van der Waals surface area contributed by atoms with Crippen LogP contribution in [-0.2, 0) is 10.2 Å². The lowest BCUT2D eigenvalue weighted by Crippen LogP contribution is -2.27. The van der Waals surface area contributed by atoms with E-state index in [0.717, 1.165) is 5.56 Å². The van der Waals surface area contributed by atoms with Crippen LogP contribution >= 0.6 is 0 Å². The van der Waals surface area contributed by atoms with Gasteiger partial charge in [0.1, 0.15) is 5.75 Å². The van der Waals surface area contributed by atoms with E-state index in [1.54, 1.807) is 50.5 Å². The van der Waals surface area contributed by atoms with Gasteiger partial charge < -0.3 is 9.64 Å². The second-order valence-electron chi connectivity index (χ2n) is 7.67. The summed E-state index contributed by atoms with van der Waals surface area (Å²) in [6, 6.07) is 15.0. The second kappa shape index (κ2) is 8.67. The van der Waals surface area contributed by atoms with Crippen LogP contribution in [0.5, 0.6) is 5.75 Å². The van der Waals surface area contributed by atoms with E-state index in [-0.39, 0.29) is 23.7 Å². The number of rotatable bonds is 6. The van der Waals surface area contributed by atoms with E-state index < -0.39 is 0 Å². The van der Waals surface area contributed by atoms with E-state index in [4.69, 9.17) is 4.74 Å². The molecule has 1 amide bonds. The number of amides is 1. The van der Waals surface area contributed by atoms with Crippen molar-refractivity contribution in [3.63, 3.8) is 0 Å². The topological polar surface area (TPSA) is 46.6 Å². The summed E-state index contributed by atoms with van der Waals surface area (Å²) in [6.07, 6.45) is 3.36. The third-order valence-electron chi connectivity index (χ3n) is 4.18. The van der Waals surface area contributed by atoms with Crippen LogP contribution in [0.4, 0.5) is 0 Å². The number of nitrogens with zero attached hydrogens (tertiary/aromatic N) is 1. The Bertz CT molecular complexity index is 827. The van der Waals surface area contributed by atoms with Gasteiger partial charge in [-0.05, 0) is 34.8 Å². The fourth-order valence-corrected chi connectivity index (χ4v) is 2.38. The molecule has 4 heteroatoms. The summed E-state index contributed by atoms with van der Waals surface area (Å²) in [5, 5.41) is 0. The van der Waals surface area contributed by atoms with Crippen molar-refractivity contribution in [2.45, 2.75) is 26.2 Å². The summed E-state index contributed by atoms with van der Waals surface area (Å²) in [4.78, 5) is 25.5. The largest absolute Gasteiger partial charge is 0.484 e. The standard InChI is InChI=1S/C23H27NO3/c1-23(2,3)19-12-9-17(10-13-19)11-14-21(25)18-7-6-8-20(15-18)27-16-22(26)24(4)5/h6-15H,16H2,1-5H3. The number of hydrogen-bond donors (Lipinski definition) is 0. The van der Waals surface area contributed by atoms with E-state index in [9.17, 15) is 9.59 Å². The van der Waals surface area contributed by atoms with Crippen LogP contribution < -0.4 is 4.74 Å². The van der Waals surface area contributed by atoms with Gasteiger partial charge in [-0.25, -0.2) is 0 Å². The molecule has 4 nitrogen and oxygen atoms in total. The van der Waals surface area contributed by atoms with E-state index in [0.29, 0.717) is 11.3 Å². The van der Waals surface area contributed by atoms with Gasteiger partial charge in [0.05, 0.1) is 0 Å². The van der Waals surface area contributed by atoms with Crippen LogP contribution in [-0.4, -0.2) is 37.3 Å². The average molecular weight is 365 g/mol. The summed E-state index contributed by atoms with van der Waals surface area (Å²) in [5.74, 6) is 0.253. The molecule has 27 heavy (non-hydrogen) atoms. The fraction of sp³-hybridized carbons (Fsp3) is 0.304. The number of likely N-dealkylation sites (N-methyl/N-ethyl adjacent to an activating group) is 1. The SMILES string of the molecule is CN(C)C(=O)COc1cccc(C(=O)C=Cc2ccc(C(C)(C)C)cc2)c1. The van der Waals surface area contributed by atoms with Crippen molar-refractivity contribution >= 4 is 17.8 Å². The van der Waals surface area contributed by atoms with Crippen LogP contribution in [0.1, 0.15) is 42.3 Å². The molecular weight excluding hydrogens is 338 g/mol. The van der Waals surface area contributed by atoms with Crippen LogP contribution in [0.15, 0.2) is 54.6 Å². The molecular formula is C23H27NO3. The van der Waals surface area contributed by atoms with Crippen molar-refractivity contribution in [1.29, 1.82) is 0 Å². The molecule has 2 rings (SSSR count). The van der Waals surface area contributed by atoms with Crippen LogP contribution in [0, 0.1) is 0 Å². The lowest BCUT2D eigenvalue weighted by molar-refractivity contribution is -0.130. The number of carbonyl (C=O) groups excluding carboxylic acids is 2. The third-order valence-corrected chi connectivity index (χ3v) is 4.18. The molecule has 0 radical (unpaired) electrons. The summed E-state index contributed by atoms with van der Waals surface area (Å²) >= 11 is 0. The van der Waals surface area contributed by atoms with Crippen molar-refractivity contribution in [2.24, 2.45) is 0 Å². The number of allylic oxidation sites excluding steroid dienone is 1. The van der Waals surface area contributed by atoms with Crippen molar-refractivity contribution in [1.82, 2.24) is 4.90 Å². The van der Waals surface area contributed by atoms with E-state index in [2.05, 4.69) is 32.9 Å². The normalized spacial score (nSPS) is 11.4. The highest BCUT2D eigenvalue weighted by atomic mass is 16.5. The van der Waals surface area contributed by atoms with Gasteiger partial charge in [-0.2, -0.15) is 0 Å². The molecule has 2 aromatic carbocycles. The van der Waals surface area contributed by atoms with E-state index in [1.807, 2.05) is 12.1 Å². The molecule has 0 aromatic heterocycles. The molecule has 0 aliphatic carbocycles. The number of hydrogen-bond acceptors (Lipinski definition) is 3. The van der Waals surface area contributed by atoms with Gasteiger partial charge in [-0.3, -0.25) is 9.59 Å². The highest BCUT2D eigenvalue weighted by Crippen LogP contribution is 2.22. The summed E-state index contributed by atoms with van der Waals surface area (Å²) < 4.78 is 5.46. The molecule has 0 N–H and O–H groups in total. The van der Waals surface area contributed by atoms with Crippen molar-refractivity contribution < 1.29 is 14.3 Å². The predicted molar refractivity (Wildman–Crippen MR) is 109 cm³/mol. The molecule has 2 aromatic rings. The lowest BCUT2D eigenvalue weighted by Gasteiger charge is -2.18. The summed E-state index contributed by atoms with van der Waals surface area (Å²) in [7, 11) is 3.34. The smallest absolute Gasteiger partial charge is 0.259 e. The Balaban J connectivity index is 2.04. The number of carbonyl (C=O) groups is 2. The maximum atomic E-state index is 12.4. The molecule has 0 heterocycles. The highest BCUT2D eigenvalue weighted by Gasteiger charge is 2.12. The molecule has 0 bridgehead atoms. The maximum absolute atomic E-state index is 12.4. The quantitative estimate of drug-likeness (QED) is 0.565. The van der Waals surface area contributed by atoms with Crippen molar-refractivity contribution in [3.05, 3.63) is 71.3 Å². The molecule has 0 aliphatic rings. The first-order chi connectivity index (χ1) is 12.7. The molecule has 0 fully saturated rings. The summed E-state index contributed by atoms with van der Waals surface area (Å²) in [6.45, 7) is 6.45. The number of benzene rings is 2. The number of ether oxygens (including phenoxy) is 1. The Morgan fingerprint density at radius 2 is 1.70 bits per heavy atom. The zero-order valence-corrected chi connectivity index (χ0v) is 16.7. The van der Waals surface area contributed by atoms with Gasteiger partial charge in [0, 0.05) is 19.7 Å². The fourth-order valence-electron chi connectivity index (χ4n) is 2.38. The second-order valence-corrected chi connectivity index (χ2v) is 7.67. The molecule has 0 aliphatic heterocycles. The zero-order chi connectivity index (χ0) is 20.0. The van der Waals surface area contributed by atoms with Crippen LogP contribution in [0.3, 0.4) is 0 Å². The van der Waals surface area contributed by atoms with E-state index >= 15 is 0 Å². The average Bonchev–Trinajstić information content (AvgIpc) is 2.63. The first-order valence-electron chi connectivity index (χ1n) is 8.93. The van der Waals surface area contributed by atoms with Crippen LogP contribution in [0.2, 0.25) is 0 Å². The Kier molecular flexibility index (Phi) is 6.56. The molecule has 142 valence electrons. The zero-order valence-electron chi connectivity index (χ0n) is 16.7. The van der Waals surface area contributed by atoms with Gasteiger partial charge >= 0.3 is 0 Å². The third kappa shape index (κ3) is 6.10. The minimum Gasteiger partial charge on any atom is -0.484 e. The Morgan fingerprint density at radius 3 is 2.30 bits per heavy atom. The Morgan fingerprint density at radius 1 is 1.04 bits per heavy atom. The van der Waals surface area contributed by atoms with Gasteiger partial charge in [0.15, 0.2) is 12.4 Å². The number of ketones is 1. The van der Waals surface area contributed by atoms with Gasteiger partial charge in [0.2, 0.25) is 0 Å². The molecule has 0 unspecified atom stereocenters. The first-order valence-corrected chi connectivity index (χ1v) is 8.93. The first kappa shape index (κ1) is 20.4. The minimum absolute atomic E-state index is 0.0550. The predicted octanol–water partition coefficient (Wildman–Crippen LogP) is 4.35. The molecule has 0 saturated heterocycles. The molecule has 0 saturated carbocycles. The monoisotopic (exact) mass is 365 g/mol. The lowest BCUT2D eigenvalue weighted by atomic mass is 9.87. The Hall–Kier alpha value is -2.88.